The third-order valence-corrected chi connectivity index (χ3v) is 6.80. The number of aromatic nitrogens is 3. The number of hydrogen-bond acceptors (Lipinski definition) is 7. The average molecular weight is 480 g/mol. The monoisotopic (exact) mass is 479 g/mol. The number of nitrogens with one attached hydrogen (secondary N) is 1. The smallest absolute Gasteiger partial charge is 0.189 e. The van der Waals surface area contributed by atoms with E-state index in [1.807, 2.05) is 62.4 Å². The van der Waals surface area contributed by atoms with E-state index >= 15 is 0 Å². The van der Waals surface area contributed by atoms with Gasteiger partial charge in [-0.3, -0.25) is 0 Å². The summed E-state index contributed by atoms with van der Waals surface area (Å²) in [5.74, 6) is 0.645. The molecule has 9 heteroatoms. The molecule has 0 spiro atoms. The molecule has 2 heterocycles. The van der Waals surface area contributed by atoms with Crippen molar-refractivity contribution in [1.82, 2.24) is 20.4 Å². The van der Waals surface area contributed by atoms with E-state index in [0.717, 1.165) is 21.6 Å². The minimum Gasteiger partial charge on any atom is -0.611 e. The zero-order chi connectivity index (χ0) is 24.1. The van der Waals surface area contributed by atoms with Crippen molar-refractivity contribution in [2.24, 2.45) is 0 Å². The molecule has 4 rings (SSSR count). The molecule has 0 saturated carbocycles. The van der Waals surface area contributed by atoms with Crippen LogP contribution in [0.15, 0.2) is 70.2 Å². The summed E-state index contributed by atoms with van der Waals surface area (Å²) in [4.78, 5) is 9.70. The third kappa shape index (κ3) is 5.44. The number of hydrogen-bond donors (Lipinski definition) is 2. The molecule has 7 nitrogen and oxygen atoms in total. The molecule has 0 amide bonds. The maximum absolute atomic E-state index is 12.3. The largest absolute Gasteiger partial charge is 0.611 e. The Balaban J connectivity index is 1.55. The van der Waals surface area contributed by atoms with Crippen molar-refractivity contribution >= 4 is 17.0 Å². The SMILES string of the molecule is CC(C)[S+]([O-])c1ccc(-c2cnc(N)c(-c3cc(-c4ccc(CNCCF)cc4)no3)n2)cc1. The minimum atomic E-state index is -1.05. The predicted molar refractivity (Wildman–Crippen MR) is 132 cm³/mol. The van der Waals surface area contributed by atoms with Gasteiger partial charge in [-0.25, -0.2) is 14.4 Å². The summed E-state index contributed by atoms with van der Waals surface area (Å²) in [5.41, 5.74) is 10.5. The second-order valence-corrected chi connectivity index (χ2v) is 10.0. The Labute approximate surface area is 200 Å². The van der Waals surface area contributed by atoms with Gasteiger partial charge in [-0.15, -0.1) is 0 Å². The highest BCUT2D eigenvalue weighted by Crippen LogP contribution is 2.30. The van der Waals surface area contributed by atoms with Gasteiger partial charge in [-0.1, -0.05) is 29.4 Å². The highest BCUT2D eigenvalue weighted by atomic mass is 32.2. The van der Waals surface area contributed by atoms with Crippen LogP contribution in [0.4, 0.5) is 10.2 Å². The third-order valence-electron chi connectivity index (χ3n) is 5.20. The summed E-state index contributed by atoms with van der Waals surface area (Å²) in [7, 11) is 0. The second-order valence-electron chi connectivity index (χ2n) is 8.00. The van der Waals surface area contributed by atoms with E-state index < -0.39 is 17.9 Å². The van der Waals surface area contributed by atoms with Crippen LogP contribution < -0.4 is 11.1 Å². The van der Waals surface area contributed by atoms with Gasteiger partial charge in [0.2, 0.25) is 0 Å². The van der Waals surface area contributed by atoms with E-state index in [2.05, 4.69) is 20.4 Å². The quantitative estimate of drug-likeness (QED) is 0.266. The summed E-state index contributed by atoms with van der Waals surface area (Å²) in [6.07, 6.45) is 1.60. The molecule has 1 atom stereocenters. The molecule has 0 aliphatic rings. The molecule has 3 N–H and O–H groups in total. The Morgan fingerprint density at radius 2 is 1.74 bits per heavy atom. The molecule has 176 valence electrons. The Morgan fingerprint density at radius 3 is 2.41 bits per heavy atom. The summed E-state index contributed by atoms with van der Waals surface area (Å²) in [6, 6.07) is 17.0. The van der Waals surface area contributed by atoms with Gasteiger partial charge in [0.05, 0.1) is 11.9 Å². The average Bonchev–Trinajstić information content (AvgIpc) is 3.34. The second kappa shape index (κ2) is 10.8. The van der Waals surface area contributed by atoms with Gasteiger partial charge < -0.3 is 20.1 Å². The minimum absolute atomic E-state index is 0.0450. The lowest BCUT2D eigenvalue weighted by atomic mass is 10.1. The van der Waals surface area contributed by atoms with Crippen molar-refractivity contribution in [2.75, 3.05) is 19.0 Å². The number of nitrogens with two attached hydrogens (primary N) is 1. The molecule has 0 fully saturated rings. The molecule has 4 aromatic rings. The van der Waals surface area contributed by atoms with E-state index in [9.17, 15) is 8.94 Å². The predicted octanol–water partition coefficient (Wildman–Crippen LogP) is 4.62. The van der Waals surface area contributed by atoms with Crippen molar-refractivity contribution in [2.45, 2.75) is 30.5 Å². The molecule has 2 aromatic heterocycles. The Morgan fingerprint density at radius 1 is 1.06 bits per heavy atom. The molecular formula is C25H26FN5O2S. The van der Waals surface area contributed by atoms with Crippen molar-refractivity contribution in [3.05, 3.63) is 66.4 Å². The van der Waals surface area contributed by atoms with Crippen molar-refractivity contribution in [3.63, 3.8) is 0 Å². The number of anilines is 1. The highest BCUT2D eigenvalue weighted by molar-refractivity contribution is 7.92. The van der Waals surface area contributed by atoms with Crippen molar-refractivity contribution in [1.29, 1.82) is 0 Å². The molecule has 0 aliphatic carbocycles. The van der Waals surface area contributed by atoms with Gasteiger partial charge >= 0.3 is 0 Å². The number of alkyl halides is 1. The van der Waals surface area contributed by atoms with E-state index in [1.54, 1.807) is 12.3 Å². The Kier molecular flexibility index (Phi) is 7.56. The summed E-state index contributed by atoms with van der Waals surface area (Å²) in [6.45, 7) is 4.39. The maximum atomic E-state index is 12.3. The standard InChI is InChI=1S/C25H26FN5O2S/c1-16(2)34(32)20-9-7-19(8-10-20)22-15-29-25(27)24(30-22)23-13-21(31-33-23)18-5-3-17(4-6-18)14-28-12-11-26/h3-10,13,15-16,28H,11-12,14H2,1-2H3,(H2,27,29). The first-order valence-corrected chi connectivity index (χ1v) is 12.1. The molecule has 0 bridgehead atoms. The molecular weight excluding hydrogens is 453 g/mol. The zero-order valence-electron chi connectivity index (χ0n) is 19.0. The van der Waals surface area contributed by atoms with Crippen molar-refractivity contribution in [3.8, 4) is 34.0 Å². The van der Waals surface area contributed by atoms with E-state index in [4.69, 9.17) is 10.3 Å². The molecule has 34 heavy (non-hydrogen) atoms. The normalized spacial score (nSPS) is 12.3. The van der Waals surface area contributed by atoms with Gasteiger partial charge in [-0.05, 0) is 54.9 Å². The lowest BCUT2D eigenvalue weighted by Crippen LogP contribution is -2.15. The van der Waals surface area contributed by atoms with Crippen LogP contribution >= 0.6 is 0 Å². The summed E-state index contributed by atoms with van der Waals surface area (Å²) >= 11 is -1.05. The maximum Gasteiger partial charge on any atom is 0.189 e. The fourth-order valence-corrected chi connectivity index (χ4v) is 4.32. The van der Waals surface area contributed by atoms with Crippen LogP contribution in [0.25, 0.3) is 34.0 Å². The number of nitrogen functional groups attached to an aromatic ring is 1. The Hall–Kier alpha value is -3.27. The van der Waals surface area contributed by atoms with E-state index in [1.165, 1.54) is 0 Å². The van der Waals surface area contributed by atoms with E-state index in [-0.39, 0.29) is 11.1 Å². The zero-order valence-corrected chi connectivity index (χ0v) is 19.8. The van der Waals surface area contributed by atoms with E-state index in [0.29, 0.717) is 35.9 Å². The van der Waals surface area contributed by atoms with Crippen LogP contribution in [-0.4, -0.2) is 38.1 Å². The number of halogens is 1. The number of nitrogens with zero attached hydrogens (tertiary/aromatic N) is 3. The van der Waals surface area contributed by atoms with Gasteiger partial charge in [0.15, 0.2) is 22.2 Å². The molecule has 1 unspecified atom stereocenters. The summed E-state index contributed by atoms with van der Waals surface area (Å²) < 4.78 is 30.1. The van der Waals surface area contributed by atoms with Crippen molar-refractivity contribution < 1.29 is 13.5 Å². The van der Waals surface area contributed by atoms with Gasteiger partial charge in [0, 0.05) is 30.3 Å². The first-order valence-electron chi connectivity index (χ1n) is 10.9. The first-order chi connectivity index (χ1) is 16.5. The van der Waals surface area contributed by atoms with Gasteiger partial charge in [-0.2, -0.15) is 0 Å². The molecule has 0 aliphatic heterocycles. The van der Waals surface area contributed by atoms with Gasteiger partial charge in [0.25, 0.3) is 0 Å². The fraction of sp³-hybridized carbons (Fsp3) is 0.240. The summed E-state index contributed by atoms with van der Waals surface area (Å²) in [5, 5.41) is 7.23. The number of benzene rings is 2. The van der Waals surface area contributed by atoms with Crippen LogP contribution in [0.3, 0.4) is 0 Å². The lowest BCUT2D eigenvalue weighted by molar-refractivity contribution is 0.434. The van der Waals surface area contributed by atoms with Crippen LogP contribution in [0.2, 0.25) is 0 Å². The van der Waals surface area contributed by atoms with Crippen LogP contribution in [0, 0.1) is 0 Å². The molecule has 2 aromatic carbocycles. The van der Waals surface area contributed by atoms with Gasteiger partial charge in [0.1, 0.15) is 17.6 Å². The Bertz CT molecular complexity index is 1230. The molecule has 0 saturated heterocycles. The molecule has 0 radical (unpaired) electrons. The first kappa shape index (κ1) is 23.9. The topological polar surface area (TPSA) is 113 Å². The lowest BCUT2D eigenvalue weighted by Gasteiger charge is -2.14. The number of rotatable bonds is 9. The van der Waals surface area contributed by atoms with Crippen LogP contribution in [0.5, 0.6) is 0 Å². The highest BCUT2D eigenvalue weighted by Gasteiger charge is 2.17. The fourth-order valence-electron chi connectivity index (χ4n) is 3.37. The van der Waals surface area contributed by atoms with Crippen LogP contribution in [0.1, 0.15) is 19.4 Å². The van der Waals surface area contributed by atoms with Crippen LogP contribution in [-0.2, 0) is 17.7 Å².